The third-order valence-corrected chi connectivity index (χ3v) is 4.91. The zero-order chi connectivity index (χ0) is 13.9. The Bertz CT molecular complexity index is 414. The Labute approximate surface area is 119 Å². The van der Waals surface area contributed by atoms with Crippen molar-refractivity contribution >= 4 is 17.2 Å². The summed E-state index contributed by atoms with van der Waals surface area (Å²) in [7, 11) is 0. The lowest BCUT2D eigenvalue weighted by molar-refractivity contribution is -0.128. The summed E-state index contributed by atoms with van der Waals surface area (Å²) in [6, 6.07) is 4.14. The van der Waals surface area contributed by atoms with Crippen LogP contribution in [-0.4, -0.2) is 18.0 Å². The molecule has 1 fully saturated rings. The summed E-state index contributed by atoms with van der Waals surface area (Å²) in [5.74, 6) is 0.160. The third kappa shape index (κ3) is 3.37. The standard InChI is InChI=1S/C15H24N2OS/c1-14(2,16)11-17-13(18)15(8-4-3-5-9-15)12-7-6-10-19-12/h6-7,10H,3-5,8-9,11,16H2,1-2H3,(H,17,18). The molecule has 0 aromatic carbocycles. The number of carbonyl (C=O) groups is 1. The molecular weight excluding hydrogens is 256 g/mol. The van der Waals surface area contributed by atoms with E-state index >= 15 is 0 Å². The Kier molecular flexibility index (Phi) is 4.31. The van der Waals surface area contributed by atoms with Crippen molar-refractivity contribution in [3.63, 3.8) is 0 Å². The van der Waals surface area contributed by atoms with Gasteiger partial charge in [0.1, 0.15) is 0 Å². The molecule has 1 amide bonds. The molecule has 2 rings (SSSR count). The van der Waals surface area contributed by atoms with E-state index in [0.29, 0.717) is 6.54 Å². The number of thiophene rings is 1. The number of rotatable bonds is 4. The van der Waals surface area contributed by atoms with Gasteiger partial charge >= 0.3 is 0 Å². The first-order valence-electron chi connectivity index (χ1n) is 7.05. The second-order valence-electron chi connectivity index (χ2n) is 6.29. The van der Waals surface area contributed by atoms with Gasteiger partial charge in [0.2, 0.25) is 5.91 Å². The molecule has 0 bridgehead atoms. The highest BCUT2D eigenvalue weighted by Gasteiger charge is 2.42. The van der Waals surface area contributed by atoms with Gasteiger partial charge in [-0.25, -0.2) is 0 Å². The summed E-state index contributed by atoms with van der Waals surface area (Å²) in [5, 5.41) is 5.13. The van der Waals surface area contributed by atoms with Crippen molar-refractivity contribution in [3.8, 4) is 0 Å². The van der Waals surface area contributed by atoms with Crippen molar-refractivity contribution < 1.29 is 4.79 Å². The summed E-state index contributed by atoms with van der Waals surface area (Å²) in [4.78, 5) is 13.9. The largest absolute Gasteiger partial charge is 0.353 e. The number of hydrogen-bond donors (Lipinski definition) is 2. The van der Waals surface area contributed by atoms with Gasteiger partial charge in [-0.3, -0.25) is 4.79 Å². The minimum Gasteiger partial charge on any atom is -0.353 e. The molecule has 1 heterocycles. The Balaban J connectivity index is 2.16. The highest BCUT2D eigenvalue weighted by molar-refractivity contribution is 7.10. The van der Waals surface area contributed by atoms with Crippen molar-refractivity contribution in [3.05, 3.63) is 22.4 Å². The molecule has 19 heavy (non-hydrogen) atoms. The third-order valence-electron chi connectivity index (χ3n) is 3.84. The SMILES string of the molecule is CC(C)(N)CNC(=O)C1(c2cccs2)CCCCC1. The fraction of sp³-hybridized carbons (Fsp3) is 0.667. The van der Waals surface area contributed by atoms with Crippen LogP contribution in [0.4, 0.5) is 0 Å². The van der Waals surface area contributed by atoms with Crippen LogP contribution in [-0.2, 0) is 10.2 Å². The normalized spacial score (nSPS) is 19.1. The van der Waals surface area contributed by atoms with Crippen LogP contribution in [0, 0.1) is 0 Å². The predicted octanol–water partition coefficient (Wildman–Crippen LogP) is 2.80. The number of nitrogens with one attached hydrogen (secondary N) is 1. The van der Waals surface area contributed by atoms with Crippen molar-refractivity contribution in [2.24, 2.45) is 5.73 Å². The lowest BCUT2D eigenvalue weighted by Gasteiger charge is -2.36. The Morgan fingerprint density at radius 1 is 1.42 bits per heavy atom. The molecule has 1 saturated carbocycles. The van der Waals surface area contributed by atoms with Crippen LogP contribution in [0.5, 0.6) is 0 Å². The molecule has 1 aromatic rings. The zero-order valence-electron chi connectivity index (χ0n) is 11.9. The second-order valence-corrected chi connectivity index (χ2v) is 7.24. The second kappa shape index (κ2) is 5.63. The molecule has 0 atom stereocenters. The summed E-state index contributed by atoms with van der Waals surface area (Å²) in [6.07, 6.45) is 5.44. The molecule has 0 spiro atoms. The molecule has 3 N–H and O–H groups in total. The molecule has 4 heteroatoms. The van der Waals surface area contributed by atoms with Gasteiger partial charge in [-0.2, -0.15) is 0 Å². The topological polar surface area (TPSA) is 55.1 Å². The van der Waals surface area contributed by atoms with E-state index in [1.165, 1.54) is 11.3 Å². The maximum absolute atomic E-state index is 12.7. The number of carbonyl (C=O) groups excluding carboxylic acids is 1. The lowest BCUT2D eigenvalue weighted by Crippen LogP contribution is -2.51. The molecule has 0 aliphatic heterocycles. The van der Waals surface area contributed by atoms with Crippen molar-refractivity contribution in [1.82, 2.24) is 5.32 Å². The minimum absolute atomic E-state index is 0.160. The first-order chi connectivity index (χ1) is 8.94. The highest BCUT2D eigenvalue weighted by atomic mass is 32.1. The molecule has 0 unspecified atom stereocenters. The molecule has 0 radical (unpaired) electrons. The van der Waals surface area contributed by atoms with Crippen LogP contribution >= 0.6 is 11.3 Å². The van der Waals surface area contributed by atoms with Gasteiger partial charge in [0.05, 0.1) is 5.41 Å². The van der Waals surface area contributed by atoms with E-state index in [2.05, 4.69) is 16.8 Å². The predicted molar refractivity (Wildman–Crippen MR) is 80.4 cm³/mol. The van der Waals surface area contributed by atoms with Crippen LogP contribution < -0.4 is 11.1 Å². The van der Waals surface area contributed by atoms with Gasteiger partial charge in [0.15, 0.2) is 0 Å². The zero-order valence-corrected chi connectivity index (χ0v) is 12.7. The average molecular weight is 280 g/mol. The Morgan fingerprint density at radius 2 is 2.11 bits per heavy atom. The van der Waals surface area contributed by atoms with Gasteiger partial charge in [0.25, 0.3) is 0 Å². The van der Waals surface area contributed by atoms with Gasteiger partial charge in [-0.1, -0.05) is 25.3 Å². The van der Waals surface area contributed by atoms with Gasteiger partial charge in [0, 0.05) is 17.0 Å². The summed E-state index contributed by atoms with van der Waals surface area (Å²) in [6.45, 7) is 4.40. The summed E-state index contributed by atoms with van der Waals surface area (Å²) >= 11 is 1.70. The van der Waals surface area contributed by atoms with Gasteiger partial charge in [-0.05, 0) is 38.1 Å². The Morgan fingerprint density at radius 3 is 2.63 bits per heavy atom. The van der Waals surface area contributed by atoms with E-state index in [-0.39, 0.29) is 16.9 Å². The number of hydrogen-bond acceptors (Lipinski definition) is 3. The lowest BCUT2D eigenvalue weighted by atomic mass is 9.72. The van der Waals surface area contributed by atoms with Gasteiger partial charge < -0.3 is 11.1 Å². The van der Waals surface area contributed by atoms with E-state index in [1.54, 1.807) is 11.3 Å². The molecule has 1 aromatic heterocycles. The van der Waals surface area contributed by atoms with Crippen molar-refractivity contribution in [2.45, 2.75) is 56.9 Å². The number of nitrogens with two attached hydrogens (primary N) is 1. The molecule has 106 valence electrons. The minimum atomic E-state index is -0.360. The van der Waals surface area contributed by atoms with Crippen LogP contribution in [0.1, 0.15) is 50.8 Å². The highest BCUT2D eigenvalue weighted by Crippen LogP contribution is 2.41. The molecule has 3 nitrogen and oxygen atoms in total. The summed E-state index contributed by atoms with van der Waals surface area (Å²) in [5.41, 5.74) is 5.29. The fourth-order valence-electron chi connectivity index (χ4n) is 2.77. The summed E-state index contributed by atoms with van der Waals surface area (Å²) < 4.78 is 0. The molecular formula is C15H24N2OS. The molecule has 1 aliphatic rings. The first-order valence-corrected chi connectivity index (χ1v) is 7.93. The van der Waals surface area contributed by atoms with Crippen molar-refractivity contribution in [2.75, 3.05) is 6.54 Å². The smallest absolute Gasteiger partial charge is 0.231 e. The maximum atomic E-state index is 12.7. The van der Waals surface area contributed by atoms with Crippen LogP contribution in [0.25, 0.3) is 0 Å². The van der Waals surface area contributed by atoms with E-state index in [4.69, 9.17) is 5.73 Å². The number of amides is 1. The monoisotopic (exact) mass is 280 g/mol. The van der Waals surface area contributed by atoms with E-state index in [9.17, 15) is 4.79 Å². The van der Waals surface area contributed by atoms with E-state index < -0.39 is 0 Å². The average Bonchev–Trinajstić information content (AvgIpc) is 2.90. The van der Waals surface area contributed by atoms with Crippen LogP contribution in [0.2, 0.25) is 0 Å². The van der Waals surface area contributed by atoms with Gasteiger partial charge in [-0.15, -0.1) is 11.3 Å². The molecule has 1 aliphatic carbocycles. The van der Waals surface area contributed by atoms with Crippen LogP contribution in [0.15, 0.2) is 17.5 Å². The van der Waals surface area contributed by atoms with E-state index in [1.807, 2.05) is 19.9 Å². The van der Waals surface area contributed by atoms with Crippen LogP contribution in [0.3, 0.4) is 0 Å². The fourth-order valence-corrected chi connectivity index (χ4v) is 3.75. The van der Waals surface area contributed by atoms with E-state index in [0.717, 1.165) is 25.7 Å². The Hall–Kier alpha value is -0.870. The first kappa shape index (κ1) is 14.5. The molecule has 0 saturated heterocycles. The van der Waals surface area contributed by atoms with Crippen molar-refractivity contribution in [1.29, 1.82) is 0 Å². The quantitative estimate of drug-likeness (QED) is 0.891. The maximum Gasteiger partial charge on any atom is 0.231 e.